The van der Waals surface area contributed by atoms with Crippen molar-refractivity contribution < 1.29 is 18.8 Å². The lowest BCUT2D eigenvalue weighted by Gasteiger charge is -2.19. The largest absolute Gasteiger partial charge is 0.384 e. The Hall–Kier alpha value is -1.47. The van der Waals surface area contributed by atoms with E-state index in [1.54, 1.807) is 21.1 Å². The summed E-state index contributed by atoms with van der Waals surface area (Å²) in [5.41, 5.74) is 0. The van der Waals surface area contributed by atoms with Crippen LogP contribution in [-0.4, -0.2) is 54.4 Å². The van der Waals surface area contributed by atoms with Crippen LogP contribution in [0.3, 0.4) is 0 Å². The highest BCUT2D eigenvalue weighted by Gasteiger charge is 2.19. The number of hydrogen-bond donors (Lipinski definition) is 0. The van der Waals surface area contributed by atoms with E-state index in [0.29, 0.717) is 31.3 Å². The summed E-state index contributed by atoms with van der Waals surface area (Å²) < 4.78 is 15.2. The molecule has 0 bridgehead atoms. The molecule has 7 heteroatoms. The van der Waals surface area contributed by atoms with Crippen LogP contribution >= 0.6 is 0 Å². The maximum atomic E-state index is 11.9. The summed E-state index contributed by atoms with van der Waals surface area (Å²) >= 11 is 0. The lowest BCUT2D eigenvalue weighted by Crippen LogP contribution is -2.36. The van der Waals surface area contributed by atoms with Gasteiger partial charge in [-0.05, 0) is 13.8 Å². The Bertz CT molecular complexity index is 394. The normalized spacial score (nSPS) is 12.4. The third-order valence-electron chi connectivity index (χ3n) is 2.55. The average Bonchev–Trinajstić information content (AvgIpc) is 2.83. The second-order valence-electron chi connectivity index (χ2n) is 4.14. The van der Waals surface area contributed by atoms with Gasteiger partial charge < -0.3 is 18.9 Å². The maximum absolute atomic E-state index is 11.9. The number of ether oxygens (including phenoxy) is 2. The molecule has 0 aromatic carbocycles. The number of aromatic nitrogens is 2. The molecular weight excluding hydrogens is 250 g/mol. The highest BCUT2D eigenvalue weighted by molar-refractivity contribution is 5.80. The Morgan fingerprint density at radius 1 is 1.53 bits per heavy atom. The Morgan fingerprint density at radius 3 is 2.89 bits per heavy atom. The molecule has 19 heavy (non-hydrogen) atoms. The minimum Gasteiger partial charge on any atom is -0.384 e. The third-order valence-corrected chi connectivity index (χ3v) is 2.55. The van der Waals surface area contributed by atoms with Crippen LogP contribution in [-0.2, 0) is 27.2 Å². The monoisotopic (exact) mass is 271 g/mol. The molecule has 1 rings (SSSR count). The van der Waals surface area contributed by atoms with Crippen LogP contribution < -0.4 is 0 Å². The number of carbonyl (C=O) groups excluding carboxylic acids is 1. The van der Waals surface area contributed by atoms with E-state index in [1.165, 1.54) is 4.90 Å². The zero-order valence-corrected chi connectivity index (χ0v) is 11.9. The number of amides is 1. The van der Waals surface area contributed by atoms with Gasteiger partial charge >= 0.3 is 0 Å². The predicted molar refractivity (Wildman–Crippen MR) is 67.4 cm³/mol. The fourth-order valence-electron chi connectivity index (χ4n) is 1.56. The van der Waals surface area contributed by atoms with Crippen molar-refractivity contribution in [3.05, 3.63) is 11.7 Å². The zero-order valence-electron chi connectivity index (χ0n) is 11.9. The molecule has 0 aliphatic heterocycles. The smallest absolute Gasteiger partial charge is 0.251 e. The second-order valence-corrected chi connectivity index (χ2v) is 4.14. The van der Waals surface area contributed by atoms with Gasteiger partial charge in [-0.2, -0.15) is 4.98 Å². The standard InChI is InChI=1S/C12H21N3O4/c1-5-18-9(2)12(16)15(3)8-11-13-10(14-19-11)6-7-17-4/h9H,5-8H2,1-4H3/t9-/m1/s1. The fraction of sp³-hybridized carbons (Fsp3) is 0.750. The van der Waals surface area contributed by atoms with Crippen molar-refractivity contribution in [2.75, 3.05) is 27.4 Å². The molecule has 0 saturated heterocycles. The van der Waals surface area contributed by atoms with Crippen LogP contribution in [0, 0.1) is 0 Å². The summed E-state index contributed by atoms with van der Waals surface area (Å²) in [5.74, 6) is 0.875. The zero-order chi connectivity index (χ0) is 14.3. The van der Waals surface area contributed by atoms with E-state index in [0.717, 1.165) is 0 Å². The van der Waals surface area contributed by atoms with E-state index in [2.05, 4.69) is 10.1 Å². The van der Waals surface area contributed by atoms with E-state index < -0.39 is 6.10 Å². The van der Waals surface area contributed by atoms with Gasteiger partial charge in [-0.1, -0.05) is 5.16 Å². The molecule has 1 amide bonds. The summed E-state index contributed by atoms with van der Waals surface area (Å²) in [4.78, 5) is 17.6. The molecule has 0 radical (unpaired) electrons. The van der Waals surface area contributed by atoms with Gasteiger partial charge in [0.25, 0.3) is 5.91 Å². The van der Waals surface area contributed by atoms with Crippen molar-refractivity contribution in [2.24, 2.45) is 0 Å². The van der Waals surface area contributed by atoms with Crippen LogP contribution in [0.2, 0.25) is 0 Å². The Kier molecular flexibility index (Phi) is 6.44. The number of likely N-dealkylation sites (N-methyl/N-ethyl adjacent to an activating group) is 1. The molecule has 7 nitrogen and oxygen atoms in total. The maximum Gasteiger partial charge on any atom is 0.251 e. The van der Waals surface area contributed by atoms with Crippen molar-refractivity contribution >= 4 is 5.91 Å². The quantitative estimate of drug-likeness (QED) is 0.690. The molecule has 108 valence electrons. The van der Waals surface area contributed by atoms with Crippen molar-refractivity contribution in [2.45, 2.75) is 32.9 Å². The highest BCUT2D eigenvalue weighted by atomic mass is 16.5. The van der Waals surface area contributed by atoms with Gasteiger partial charge in [0, 0.05) is 27.2 Å². The Balaban J connectivity index is 2.49. The molecule has 1 heterocycles. The number of carbonyl (C=O) groups is 1. The lowest BCUT2D eigenvalue weighted by molar-refractivity contribution is -0.141. The van der Waals surface area contributed by atoms with Crippen LogP contribution in [0.15, 0.2) is 4.52 Å². The first kappa shape index (κ1) is 15.6. The molecule has 0 unspecified atom stereocenters. The molecule has 1 aromatic heterocycles. The van der Waals surface area contributed by atoms with Crippen LogP contribution in [0.4, 0.5) is 0 Å². The molecule has 1 aromatic rings. The van der Waals surface area contributed by atoms with Gasteiger partial charge in [-0.3, -0.25) is 4.79 Å². The molecule has 0 aliphatic carbocycles. The van der Waals surface area contributed by atoms with Crippen molar-refractivity contribution in [3.8, 4) is 0 Å². The third kappa shape index (κ3) is 4.96. The summed E-state index contributed by atoms with van der Waals surface area (Å²) in [6.45, 7) is 4.89. The molecular formula is C12H21N3O4. The van der Waals surface area contributed by atoms with E-state index in [9.17, 15) is 4.79 Å². The number of rotatable bonds is 8. The Morgan fingerprint density at radius 2 is 2.26 bits per heavy atom. The second kappa shape index (κ2) is 7.85. The lowest BCUT2D eigenvalue weighted by atomic mass is 10.3. The molecule has 0 spiro atoms. The highest BCUT2D eigenvalue weighted by Crippen LogP contribution is 2.05. The number of hydrogen-bond acceptors (Lipinski definition) is 6. The van der Waals surface area contributed by atoms with E-state index in [4.69, 9.17) is 14.0 Å². The summed E-state index contributed by atoms with van der Waals surface area (Å²) in [5, 5.41) is 3.81. The van der Waals surface area contributed by atoms with Crippen LogP contribution in [0.1, 0.15) is 25.6 Å². The van der Waals surface area contributed by atoms with Crippen LogP contribution in [0.25, 0.3) is 0 Å². The average molecular weight is 271 g/mol. The van der Waals surface area contributed by atoms with Gasteiger partial charge in [0.2, 0.25) is 5.89 Å². The summed E-state index contributed by atoms with van der Waals surface area (Å²) in [6.07, 6.45) is 0.124. The van der Waals surface area contributed by atoms with E-state index >= 15 is 0 Å². The summed E-state index contributed by atoms with van der Waals surface area (Å²) in [7, 11) is 3.29. The minimum atomic E-state index is -0.467. The predicted octanol–water partition coefficient (Wildman–Crippen LogP) is 0.642. The van der Waals surface area contributed by atoms with E-state index in [1.807, 2.05) is 6.92 Å². The van der Waals surface area contributed by atoms with E-state index in [-0.39, 0.29) is 12.5 Å². The van der Waals surface area contributed by atoms with Gasteiger partial charge in [-0.25, -0.2) is 0 Å². The van der Waals surface area contributed by atoms with Crippen molar-refractivity contribution in [3.63, 3.8) is 0 Å². The SMILES string of the molecule is CCO[C@H](C)C(=O)N(C)Cc1nc(CCOC)no1. The first-order valence-electron chi connectivity index (χ1n) is 6.25. The van der Waals surface area contributed by atoms with Gasteiger partial charge in [0.15, 0.2) is 5.82 Å². The van der Waals surface area contributed by atoms with Crippen molar-refractivity contribution in [1.29, 1.82) is 0 Å². The Labute approximate surface area is 112 Å². The van der Waals surface area contributed by atoms with Gasteiger partial charge in [0.05, 0.1) is 13.2 Å². The fourth-order valence-corrected chi connectivity index (χ4v) is 1.56. The van der Waals surface area contributed by atoms with Gasteiger partial charge in [-0.15, -0.1) is 0 Å². The topological polar surface area (TPSA) is 77.7 Å². The number of methoxy groups -OCH3 is 1. The van der Waals surface area contributed by atoms with Crippen molar-refractivity contribution in [1.82, 2.24) is 15.0 Å². The first-order valence-corrected chi connectivity index (χ1v) is 6.25. The molecule has 0 N–H and O–H groups in total. The first-order chi connectivity index (χ1) is 9.08. The molecule has 1 atom stereocenters. The van der Waals surface area contributed by atoms with Gasteiger partial charge in [0.1, 0.15) is 6.10 Å². The molecule has 0 aliphatic rings. The number of nitrogens with zero attached hydrogens (tertiary/aromatic N) is 3. The molecule has 0 fully saturated rings. The summed E-state index contributed by atoms with van der Waals surface area (Å²) in [6, 6.07) is 0. The van der Waals surface area contributed by atoms with Crippen LogP contribution in [0.5, 0.6) is 0 Å². The minimum absolute atomic E-state index is 0.113. The molecule has 0 saturated carbocycles.